The normalized spacial score (nSPS) is 13.0. The van der Waals surface area contributed by atoms with Crippen molar-refractivity contribution in [1.29, 1.82) is 0 Å². The zero-order valence-corrected chi connectivity index (χ0v) is 15.9. The minimum absolute atomic E-state index is 0.316. The van der Waals surface area contributed by atoms with Crippen LogP contribution in [0.2, 0.25) is 0 Å². The molecule has 0 spiro atoms. The quantitative estimate of drug-likeness (QED) is 0.681. The number of aromatic nitrogens is 2. The molecule has 0 atom stereocenters. The van der Waals surface area contributed by atoms with Gasteiger partial charge in [-0.1, -0.05) is 42.5 Å². The molecule has 28 heavy (non-hydrogen) atoms. The Balaban J connectivity index is 1.52. The first-order valence-electron chi connectivity index (χ1n) is 9.64. The lowest BCUT2D eigenvalue weighted by Gasteiger charge is -2.19. The Kier molecular flexibility index (Phi) is 5.06. The van der Waals surface area contributed by atoms with Crippen LogP contribution in [0.5, 0.6) is 0 Å². The summed E-state index contributed by atoms with van der Waals surface area (Å²) in [6.07, 6.45) is 4.45. The van der Waals surface area contributed by atoms with Gasteiger partial charge in [-0.2, -0.15) is 0 Å². The highest BCUT2D eigenvalue weighted by molar-refractivity contribution is 5.95. The van der Waals surface area contributed by atoms with Crippen LogP contribution in [0.15, 0.2) is 48.5 Å². The number of nitrogens with zero attached hydrogens (tertiary/aromatic N) is 2. The van der Waals surface area contributed by atoms with Crippen molar-refractivity contribution in [2.45, 2.75) is 39.2 Å². The highest BCUT2D eigenvalue weighted by Crippen LogP contribution is 2.27. The van der Waals surface area contributed by atoms with Gasteiger partial charge in [0.05, 0.1) is 5.56 Å². The molecule has 3 aromatic rings. The predicted molar refractivity (Wildman–Crippen MR) is 110 cm³/mol. The van der Waals surface area contributed by atoms with Crippen molar-refractivity contribution >= 4 is 11.8 Å². The smallest absolute Gasteiger partial charge is 0.336 e. The van der Waals surface area contributed by atoms with Crippen LogP contribution in [0, 0.1) is 6.92 Å². The number of nitrogens with one attached hydrogen (secondary N) is 1. The van der Waals surface area contributed by atoms with Gasteiger partial charge in [-0.05, 0) is 55.4 Å². The molecule has 0 amide bonds. The molecule has 1 aliphatic carbocycles. The third-order valence-corrected chi connectivity index (χ3v) is 5.18. The fourth-order valence-corrected chi connectivity index (χ4v) is 3.77. The highest BCUT2D eigenvalue weighted by atomic mass is 16.4. The highest BCUT2D eigenvalue weighted by Gasteiger charge is 2.16. The van der Waals surface area contributed by atoms with E-state index in [4.69, 9.17) is 0 Å². The van der Waals surface area contributed by atoms with E-state index in [1.54, 1.807) is 12.1 Å². The Morgan fingerprint density at radius 1 is 1.04 bits per heavy atom. The number of benzene rings is 2. The number of hydrogen-bond donors (Lipinski definition) is 2. The lowest BCUT2D eigenvalue weighted by atomic mass is 9.96. The minimum atomic E-state index is -0.912. The molecule has 0 radical (unpaired) electrons. The van der Waals surface area contributed by atoms with E-state index in [9.17, 15) is 9.90 Å². The van der Waals surface area contributed by atoms with E-state index in [0.717, 1.165) is 41.2 Å². The molecule has 1 heterocycles. The summed E-state index contributed by atoms with van der Waals surface area (Å²) >= 11 is 0. The molecule has 5 heteroatoms. The molecule has 0 aliphatic heterocycles. The zero-order chi connectivity index (χ0) is 19.5. The summed E-state index contributed by atoms with van der Waals surface area (Å²) in [6, 6.07) is 15.1. The third-order valence-electron chi connectivity index (χ3n) is 5.18. The summed E-state index contributed by atoms with van der Waals surface area (Å²) in [5.74, 6) is 0.844. The fourth-order valence-electron chi connectivity index (χ4n) is 3.77. The lowest BCUT2D eigenvalue weighted by Crippen LogP contribution is -2.13. The fraction of sp³-hybridized carbons (Fsp3) is 0.261. The molecule has 5 nitrogen and oxygen atoms in total. The van der Waals surface area contributed by atoms with Crippen molar-refractivity contribution in [2.75, 3.05) is 5.32 Å². The van der Waals surface area contributed by atoms with Crippen molar-refractivity contribution < 1.29 is 9.90 Å². The molecule has 4 rings (SSSR count). The molecular formula is C23H23N3O2. The molecule has 0 bridgehead atoms. The van der Waals surface area contributed by atoms with Crippen LogP contribution in [-0.2, 0) is 19.4 Å². The first-order chi connectivity index (χ1) is 13.6. The van der Waals surface area contributed by atoms with E-state index in [0.29, 0.717) is 12.1 Å². The second-order valence-corrected chi connectivity index (χ2v) is 7.15. The van der Waals surface area contributed by atoms with Gasteiger partial charge >= 0.3 is 5.97 Å². The van der Waals surface area contributed by atoms with Gasteiger partial charge in [0.15, 0.2) is 0 Å². The average Bonchev–Trinajstić information content (AvgIpc) is 2.72. The van der Waals surface area contributed by atoms with Gasteiger partial charge in [0, 0.05) is 17.8 Å². The summed E-state index contributed by atoms with van der Waals surface area (Å²) in [4.78, 5) is 20.7. The molecule has 2 N–H and O–H groups in total. The van der Waals surface area contributed by atoms with Crippen molar-refractivity contribution in [1.82, 2.24) is 9.97 Å². The van der Waals surface area contributed by atoms with Crippen molar-refractivity contribution in [3.8, 4) is 11.1 Å². The lowest BCUT2D eigenvalue weighted by molar-refractivity contribution is 0.0697. The average molecular weight is 373 g/mol. The second-order valence-electron chi connectivity index (χ2n) is 7.15. The van der Waals surface area contributed by atoms with E-state index < -0.39 is 5.97 Å². The largest absolute Gasteiger partial charge is 0.478 e. The zero-order valence-electron chi connectivity index (χ0n) is 15.9. The number of anilines is 1. The van der Waals surface area contributed by atoms with Crippen molar-refractivity contribution in [2.24, 2.45) is 0 Å². The van der Waals surface area contributed by atoms with Crippen LogP contribution in [0.1, 0.15) is 45.8 Å². The number of carboxylic acids is 1. The van der Waals surface area contributed by atoms with Gasteiger partial charge in [-0.25, -0.2) is 14.8 Å². The number of carboxylic acid groups (broad SMARTS) is 1. The predicted octanol–water partition coefficient (Wildman–Crippen LogP) is 4.64. The van der Waals surface area contributed by atoms with Gasteiger partial charge in [0.25, 0.3) is 0 Å². The van der Waals surface area contributed by atoms with Crippen LogP contribution in [-0.4, -0.2) is 21.0 Å². The minimum Gasteiger partial charge on any atom is -0.478 e. The van der Waals surface area contributed by atoms with Gasteiger partial charge in [0.2, 0.25) is 0 Å². The van der Waals surface area contributed by atoms with E-state index >= 15 is 0 Å². The van der Waals surface area contributed by atoms with E-state index in [1.165, 1.54) is 24.1 Å². The Morgan fingerprint density at radius 2 is 1.79 bits per heavy atom. The second kappa shape index (κ2) is 7.80. The number of hydrogen-bond acceptors (Lipinski definition) is 4. The van der Waals surface area contributed by atoms with Crippen molar-refractivity contribution in [3.63, 3.8) is 0 Å². The number of carbonyl (C=O) groups is 1. The third kappa shape index (κ3) is 3.74. The van der Waals surface area contributed by atoms with Crippen LogP contribution >= 0.6 is 0 Å². The Hall–Kier alpha value is -3.21. The molecular weight excluding hydrogens is 350 g/mol. The standard InChI is InChI=1S/C23H23N3O2/c1-15-25-21-9-5-4-8-20(21)22(26-15)24-14-16-10-12-17(13-11-16)18-6-2-3-7-19(18)23(27)28/h2-3,6-7,10-13H,4-5,8-9,14H2,1H3,(H,27,28)(H,24,25,26). The summed E-state index contributed by atoms with van der Waals surface area (Å²) in [5.41, 5.74) is 5.51. The molecule has 1 aliphatic rings. The number of rotatable bonds is 5. The molecule has 2 aromatic carbocycles. The number of aromatic carboxylic acids is 1. The van der Waals surface area contributed by atoms with E-state index in [-0.39, 0.29) is 0 Å². The van der Waals surface area contributed by atoms with E-state index in [1.807, 2.05) is 43.3 Å². The maximum atomic E-state index is 11.4. The van der Waals surface area contributed by atoms with Crippen LogP contribution in [0.4, 0.5) is 5.82 Å². The van der Waals surface area contributed by atoms with Gasteiger partial charge < -0.3 is 10.4 Å². The summed E-state index contributed by atoms with van der Waals surface area (Å²) < 4.78 is 0. The molecule has 0 saturated carbocycles. The molecule has 0 fully saturated rings. The maximum Gasteiger partial charge on any atom is 0.336 e. The first-order valence-corrected chi connectivity index (χ1v) is 9.64. The number of fused-ring (bicyclic) bond motifs is 1. The molecule has 142 valence electrons. The van der Waals surface area contributed by atoms with Gasteiger partial charge in [0.1, 0.15) is 11.6 Å². The van der Waals surface area contributed by atoms with E-state index in [2.05, 4.69) is 15.3 Å². The molecule has 0 saturated heterocycles. The summed E-state index contributed by atoms with van der Waals surface area (Å²) in [5, 5.41) is 12.9. The Bertz CT molecular complexity index is 1010. The monoisotopic (exact) mass is 373 g/mol. The van der Waals surface area contributed by atoms with Crippen LogP contribution < -0.4 is 5.32 Å². The maximum absolute atomic E-state index is 11.4. The Labute approximate surface area is 164 Å². The summed E-state index contributed by atoms with van der Waals surface area (Å²) in [7, 11) is 0. The topological polar surface area (TPSA) is 75.1 Å². The molecule has 1 aromatic heterocycles. The van der Waals surface area contributed by atoms with Gasteiger partial charge in [-0.15, -0.1) is 0 Å². The summed E-state index contributed by atoms with van der Waals surface area (Å²) in [6.45, 7) is 2.61. The van der Waals surface area contributed by atoms with Crippen molar-refractivity contribution in [3.05, 3.63) is 76.7 Å². The van der Waals surface area contributed by atoms with Crippen LogP contribution in [0.3, 0.4) is 0 Å². The SMILES string of the molecule is Cc1nc2c(c(NCc3ccc(-c4ccccc4C(=O)O)cc3)n1)CCCC2. The Morgan fingerprint density at radius 3 is 2.57 bits per heavy atom. The van der Waals surface area contributed by atoms with Gasteiger partial charge in [-0.3, -0.25) is 0 Å². The molecule has 0 unspecified atom stereocenters. The van der Waals surface area contributed by atoms with Crippen LogP contribution in [0.25, 0.3) is 11.1 Å². The first kappa shape index (κ1) is 18.2. The number of aryl methyl sites for hydroxylation is 2.